The van der Waals surface area contributed by atoms with E-state index in [1.807, 2.05) is 24.1 Å². The monoisotopic (exact) mass is 319 g/mol. The quantitative estimate of drug-likeness (QED) is 0.847. The number of hydrogen-bond acceptors (Lipinski definition) is 4. The molecule has 0 N–H and O–H groups in total. The maximum atomic E-state index is 12.5. The van der Waals surface area contributed by atoms with Crippen molar-refractivity contribution in [1.29, 1.82) is 0 Å². The Morgan fingerprint density at radius 2 is 2.14 bits per heavy atom. The third-order valence-corrected chi connectivity index (χ3v) is 4.10. The third-order valence-electron chi connectivity index (χ3n) is 3.88. The average molecular weight is 320 g/mol. The normalized spacial score (nSPS) is 18.6. The zero-order chi connectivity index (χ0) is 15.7. The Balaban J connectivity index is 1.69. The van der Waals surface area contributed by atoms with Crippen LogP contribution in [0, 0.1) is 0 Å². The number of halogens is 1. The van der Waals surface area contributed by atoms with E-state index in [0.717, 1.165) is 18.9 Å². The predicted molar refractivity (Wildman–Crippen MR) is 85.2 cm³/mol. The van der Waals surface area contributed by atoms with Gasteiger partial charge < -0.3 is 9.80 Å². The molecule has 3 rings (SSSR count). The number of carbonyl (C=O) groups excluding carboxylic acids is 1. The molecule has 2 aromatic rings. The van der Waals surface area contributed by atoms with Crippen LogP contribution in [-0.2, 0) is 7.05 Å². The fraction of sp³-hybridized carbons (Fsp3) is 0.400. The van der Waals surface area contributed by atoms with E-state index in [2.05, 4.69) is 21.9 Å². The molecule has 0 spiro atoms. The Labute approximate surface area is 134 Å². The van der Waals surface area contributed by atoms with Gasteiger partial charge in [0, 0.05) is 45.1 Å². The van der Waals surface area contributed by atoms with Crippen LogP contribution >= 0.6 is 11.6 Å². The molecule has 2 aromatic heterocycles. The first-order chi connectivity index (χ1) is 10.5. The van der Waals surface area contributed by atoms with Crippen molar-refractivity contribution in [2.45, 2.75) is 13.0 Å². The molecule has 6 nitrogen and oxygen atoms in total. The third kappa shape index (κ3) is 2.92. The van der Waals surface area contributed by atoms with E-state index in [1.54, 1.807) is 23.3 Å². The number of carbonyl (C=O) groups is 1. The minimum absolute atomic E-state index is 0.0318. The molecule has 1 aliphatic rings. The molecule has 7 heteroatoms. The number of aromatic nitrogens is 3. The van der Waals surface area contributed by atoms with Gasteiger partial charge >= 0.3 is 0 Å². The Hall–Kier alpha value is -2.08. The number of amides is 1. The summed E-state index contributed by atoms with van der Waals surface area (Å²) in [7, 11) is 1.81. The second-order valence-electron chi connectivity index (χ2n) is 5.53. The van der Waals surface area contributed by atoms with Crippen molar-refractivity contribution in [1.82, 2.24) is 19.7 Å². The molecule has 1 amide bonds. The lowest BCUT2D eigenvalue weighted by Crippen LogP contribution is -2.54. The van der Waals surface area contributed by atoms with Crippen LogP contribution in [0.25, 0.3) is 0 Å². The molecule has 1 unspecified atom stereocenters. The molecule has 0 aromatic carbocycles. The van der Waals surface area contributed by atoms with E-state index < -0.39 is 0 Å². The predicted octanol–water partition coefficient (Wildman–Crippen LogP) is 1.82. The molecule has 22 heavy (non-hydrogen) atoms. The van der Waals surface area contributed by atoms with Crippen molar-refractivity contribution < 1.29 is 4.79 Å². The van der Waals surface area contributed by atoms with Gasteiger partial charge in [-0.05, 0) is 19.1 Å². The Bertz CT molecular complexity index is 669. The highest BCUT2D eigenvalue weighted by molar-refractivity contribution is 6.30. The van der Waals surface area contributed by atoms with Gasteiger partial charge in [0.15, 0.2) is 0 Å². The van der Waals surface area contributed by atoms with E-state index in [0.29, 0.717) is 17.1 Å². The van der Waals surface area contributed by atoms with E-state index in [4.69, 9.17) is 11.6 Å². The summed E-state index contributed by atoms with van der Waals surface area (Å²) in [6, 6.07) is 3.86. The van der Waals surface area contributed by atoms with Gasteiger partial charge in [0.05, 0.1) is 16.8 Å². The van der Waals surface area contributed by atoms with Crippen LogP contribution in [0.5, 0.6) is 0 Å². The minimum atomic E-state index is 0.0318. The fourth-order valence-corrected chi connectivity index (χ4v) is 2.83. The number of rotatable bonds is 2. The number of pyridine rings is 1. The van der Waals surface area contributed by atoms with E-state index in [-0.39, 0.29) is 11.9 Å². The van der Waals surface area contributed by atoms with Gasteiger partial charge in [-0.15, -0.1) is 0 Å². The molecule has 0 bridgehead atoms. The van der Waals surface area contributed by atoms with Gasteiger partial charge in [-0.25, -0.2) is 4.98 Å². The number of anilines is 1. The molecule has 1 atom stereocenters. The second kappa shape index (κ2) is 5.96. The van der Waals surface area contributed by atoms with Crippen LogP contribution in [0.3, 0.4) is 0 Å². The van der Waals surface area contributed by atoms with Crippen LogP contribution in [0.15, 0.2) is 30.7 Å². The molecule has 1 fully saturated rings. The Morgan fingerprint density at radius 3 is 2.73 bits per heavy atom. The molecule has 0 aliphatic carbocycles. The summed E-state index contributed by atoms with van der Waals surface area (Å²) >= 11 is 5.87. The average Bonchev–Trinajstić information content (AvgIpc) is 2.94. The SMILES string of the molecule is CC1CN(c2ccc(Cl)cn2)CCN1C(=O)c1cnn(C)c1. The van der Waals surface area contributed by atoms with E-state index in [1.165, 1.54) is 0 Å². The maximum absolute atomic E-state index is 12.5. The van der Waals surface area contributed by atoms with Gasteiger partial charge in [-0.2, -0.15) is 5.10 Å². The van der Waals surface area contributed by atoms with Crippen molar-refractivity contribution in [3.63, 3.8) is 0 Å². The van der Waals surface area contributed by atoms with Crippen molar-refractivity contribution in [2.24, 2.45) is 7.05 Å². The number of aryl methyl sites for hydroxylation is 1. The van der Waals surface area contributed by atoms with Crippen molar-refractivity contribution in [2.75, 3.05) is 24.5 Å². The van der Waals surface area contributed by atoms with Gasteiger partial charge in [0.25, 0.3) is 5.91 Å². The lowest BCUT2D eigenvalue weighted by Gasteiger charge is -2.40. The first kappa shape index (κ1) is 14.8. The summed E-state index contributed by atoms with van der Waals surface area (Å²) in [6.45, 7) is 4.22. The Kier molecular flexibility index (Phi) is 4.02. The largest absolute Gasteiger partial charge is 0.353 e. The first-order valence-electron chi connectivity index (χ1n) is 7.20. The summed E-state index contributed by atoms with van der Waals surface area (Å²) in [6.07, 6.45) is 5.01. The maximum Gasteiger partial charge on any atom is 0.257 e. The number of hydrogen-bond donors (Lipinski definition) is 0. The van der Waals surface area contributed by atoms with Crippen molar-refractivity contribution in [3.05, 3.63) is 41.3 Å². The zero-order valence-corrected chi connectivity index (χ0v) is 13.4. The summed E-state index contributed by atoms with van der Waals surface area (Å²) < 4.78 is 1.64. The summed E-state index contributed by atoms with van der Waals surface area (Å²) in [5.41, 5.74) is 0.632. The van der Waals surface area contributed by atoms with Crippen molar-refractivity contribution >= 4 is 23.3 Å². The van der Waals surface area contributed by atoms with Crippen LogP contribution in [-0.4, -0.2) is 51.2 Å². The fourth-order valence-electron chi connectivity index (χ4n) is 2.72. The van der Waals surface area contributed by atoms with Gasteiger partial charge in [-0.1, -0.05) is 11.6 Å². The number of nitrogens with zero attached hydrogens (tertiary/aromatic N) is 5. The van der Waals surface area contributed by atoms with E-state index in [9.17, 15) is 4.79 Å². The topological polar surface area (TPSA) is 54.3 Å². The summed E-state index contributed by atoms with van der Waals surface area (Å²) in [5.74, 6) is 0.925. The van der Waals surface area contributed by atoms with Gasteiger partial charge in [0.2, 0.25) is 0 Å². The highest BCUT2D eigenvalue weighted by Crippen LogP contribution is 2.20. The van der Waals surface area contributed by atoms with Crippen LogP contribution in [0.1, 0.15) is 17.3 Å². The number of piperazine rings is 1. The summed E-state index contributed by atoms with van der Waals surface area (Å²) in [4.78, 5) is 20.9. The lowest BCUT2D eigenvalue weighted by molar-refractivity contribution is 0.0673. The van der Waals surface area contributed by atoms with Crippen molar-refractivity contribution in [3.8, 4) is 0 Å². The molecular weight excluding hydrogens is 302 g/mol. The molecule has 0 saturated carbocycles. The van der Waals surface area contributed by atoms with E-state index >= 15 is 0 Å². The zero-order valence-electron chi connectivity index (χ0n) is 12.6. The molecule has 1 aliphatic heterocycles. The highest BCUT2D eigenvalue weighted by atomic mass is 35.5. The molecule has 1 saturated heterocycles. The smallest absolute Gasteiger partial charge is 0.257 e. The molecule has 116 valence electrons. The Morgan fingerprint density at radius 1 is 1.32 bits per heavy atom. The molecule has 3 heterocycles. The first-order valence-corrected chi connectivity index (χ1v) is 7.58. The lowest BCUT2D eigenvalue weighted by atomic mass is 10.1. The van der Waals surface area contributed by atoms with Crippen LogP contribution in [0.2, 0.25) is 5.02 Å². The standard InChI is InChI=1S/C15H18ClN5O/c1-11-9-20(14-4-3-13(16)8-17-14)5-6-21(11)15(22)12-7-18-19(2)10-12/h3-4,7-8,10-11H,5-6,9H2,1-2H3. The van der Waals surface area contributed by atoms with Gasteiger partial charge in [0.1, 0.15) is 5.82 Å². The summed E-state index contributed by atoms with van der Waals surface area (Å²) in [5, 5.41) is 4.69. The van der Waals surface area contributed by atoms with Gasteiger partial charge in [-0.3, -0.25) is 9.48 Å². The second-order valence-corrected chi connectivity index (χ2v) is 5.97. The van der Waals surface area contributed by atoms with Crippen LogP contribution < -0.4 is 4.90 Å². The highest BCUT2D eigenvalue weighted by Gasteiger charge is 2.29. The minimum Gasteiger partial charge on any atom is -0.353 e. The van der Waals surface area contributed by atoms with Crippen LogP contribution in [0.4, 0.5) is 5.82 Å². The molecule has 0 radical (unpaired) electrons. The molecular formula is C15H18ClN5O.